The maximum atomic E-state index is 11.9. The van der Waals surface area contributed by atoms with Gasteiger partial charge in [0.1, 0.15) is 6.10 Å². The first-order chi connectivity index (χ1) is 8.49. The highest BCUT2D eigenvalue weighted by molar-refractivity contribution is 5.80. The van der Waals surface area contributed by atoms with Crippen LogP contribution in [0.3, 0.4) is 0 Å². The molecule has 106 valence electrons. The fraction of sp³-hybridized carbons (Fsp3) is 0.929. The van der Waals surface area contributed by atoms with Gasteiger partial charge in [-0.25, -0.2) is 0 Å². The van der Waals surface area contributed by atoms with Crippen LogP contribution in [0.5, 0.6) is 0 Å². The SMILES string of the molecule is CC(C)CCNC(=O)C(C)OC1(CN)CCCC1. The second-order valence-electron chi connectivity index (χ2n) is 5.83. The first kappa shape index (κ1) is 15.4. The van der Waals surface area contributed by atoms with E-state index in [-0.39, 0.29) is 11.5 Å². The van der Waals surface area contributed by atoms with Crippen molar-refractivity contribution in [1.29, 1.82) is 0 Å². The molecule has 0 radical (unpaired) electrons. The smallest absolute Gasteiger partial charge is 0.248 e. The highest BCUT2D eigenvalue weighted by atomic mass is 16.5. The van der Waals surface area contributed by atoms with Crippen LogP contribution in [0.2, 0.25) is 0 Å². The van der Waals surface area contributed by atoms with Crippen molar-refractivity contribution in [1.82, 2.24) is 5.32 Å². The maximum Gasteiger partial charge on any atom is 0.248 e. The average Bonchev–Trinajstić information content (AvgIpc) is 2.77. The van der Waals surface area contributed by atoms with Crippen LogP contribution >= 0.6 is 0 Å². The van der Waals surface area contributed by atoms with Gasteiger partial charge in [-0.3, -0.25) is 4.79 Å². The summed E-state index contributed by atoms with van der Waals surface area (Å²) in [5, 5.41) is 2.92. The van der Waals surface area contributed by atoms with Gasteiger partial charge in [0.25, 0.3) is 0 Å². The Morgan fingerprint density at radius 1 is 1.33 bits per heavy atom. The average molecular weight is 256 g/mol. The zero-order chi connectivity index (χ0) is 13.6. The zero-order valence-electron chi connectivity index (χ0n) is 12.0. The third-order valence-electron chi connectivity index (χ3n) is 3.70. The largest absolute Gasteiger partial charge is 0.361 e. The van der Waals surface area contributed by atoms with Crippen LogP contribution in [0.4, 0.5) is 0 Å². The predicted molar refractivity (Wildman–Crippen MR) is 73.3 cm³/mol. The van der Waals surface area contributed by atoms with E-state index in [2.05, 4.69) is 19.2 Å². The van der Waals surface area contributed by atoms with Crippen LogP contribution in [0.25, 0.3) is 0 Å². The summed E-state index contributed by atoms with van der Waals surface area (Å²) in [6, 6.07) is 0. The number of rotatable bonds is 7. The molecule has 1 saturated carbocycles. The molecule has 0 aromatic heterocycles. The quantitative estimate of drug-likeness (QED) is 0.730. The van der Waals surface area contributed by atoms with Gasteiger partial charge in [-0.15, -0.1) is 0 Å². The minimum Gasteiger partial charge on any atom is -0.361 e. The second-order valence-corrected chi connectivity index (χ2v) is 5.83. The number of amides is 1. The molecule has 1 amide bonds. The molecule has 1 rings (SSSR count). The van der Waals surface area contributed by atoms with Crippen LogP contribution < -0.4 is 11.1 Å². The third-order valence-corrected chi connectivity index (χ3v) is 3.70. The number of nitrogens with two attached hydrogens (primary N) is 1. The Bertz CT molecular complexity index is 261. The van der Waals surface area contributed by atoms with Gasteiger partial charge in [-0.1, -0.05) is 26.7 Å². The Balaban J connectivity index is 2.34. The molecule has 1 atom stereocenters. The van der Waals surface area contributed by atoms with E-state index >= 15 is 0 Å². The standard InChI is InChI=1S/C14H28N2O2/c1-11(2)6-9-16-13(17)12(3)18-14(10-15)7-4-5-8-14/h11-12H,4-10,15H2,1-3H3,(H,16,17). The van der Waals surface area contributed by atoms with Crippen molar-refractivity contribution >= 4 is 5.91 Å². The molecule has 4 nitrogen and oxygen atoms in total. The van der Waals surface area contributed by atoms with E-state index in [1.54, 1.807) is 0 Å². The third kappa shape index (κ3) is 4.58. The van der Waals surface area contributed by atoms with Gasteiger partial charge in [0.2, 0.25) is 5.91 Å². The lowest BCUT2D eigenvalue weighted by Gasteiger charge is -2.30. The summed E-state index contributed by atoms with van der Waals surface area (Å²) in [7, 11) is 0. The molecule has 3 N–H and O–H groups in total. The molecule has 0 spiro atoms. The Labute approximate surface area is 111 Å². The minimum absolute atomic E-state index is 0.0182. The Morgan fingerprint density at radius 2 is 1.94 bits per heavy atom. The molecular formula is C14H28N2O2. The van der Waals surface area contributed by atoms with E-state index in [0.717, 1.165) is 38.6 Å². The van der Waals surface area contributed by atoms with E-state index in [1.807, 2.05) is 6.92 Å². The van der Waals surface area contributed by atoms with Gasteiger partial charge >= 0.3 is 0 Å². The Kier molecular flexibility index (Phi) is 6.09. The van der Waals surface area contributed by atoms with Gasteiger partial charge in [-0.2, -0.15) is 0 Å². The first-order valence-electron chi connectivity index (χ1n) is 7.15. The molecule has 1 aliphatic carbocycles. The highest BCUT2D eigenvalue weighted by Crippen LogP contribution is 2.33. The molecule has 1 aliphatic rings. The summed E-state index contributed by atoms with van der Waals surface area (Å²) in [6.45, 7) is 7.35. The number of hydrogen-bond donors (Lipinski definition) is 2. The maximum absolute atomic E-state index is 11.9. The summed E-state index contributed by atoms with van der Waals surface area (Å²) in [5.74, 6) is 0.585. The molecule has 1 fully saturated rings. The van der Waals surface area contributed by atoms with Crippen molar-refractivity contribution in [2.24, 2.45) is 11.7 Å². The summed E-state index contributed by atoms with van der Waals surface area (Å²) >= 11 is 0. The van der Waals surface area contributed by atoms with Gasteiger partial charge in [-0.05, 0) is 32.1 Å². The van der Waals surface area contributed by atoms with Crippen LogP contribution in [-0.2, 0) is 9.53 Å². The number of carbonyl (C=O) groups is 1. The van der Waals surface area contributed by atoms with Gasteiger partial charge in [0.15, 0.2) is 0 Å². The van der Waals surface area contributed by atoms with Crippen LogP contribution in [0.15, 0.2) is 0 Å². The fourth-order valence-corrected chi connectivity index (χ4v) is 2.45. The van der Waals surface area contributed by atoms with Crippen LogP contribution in [0.1, 0.15) is 52.9 Å². The van der Waals surface area contributed by atoms with E-state index in [0.29, 0.717) is 12.5 Å². The lowest BCUT2D eigenvalue weighted by atomic mass is 10.0. The molecule has 4 heteroatoms. The molecule has 0 aromatic carbocycles. The number of ether oxygens (including phenoxy) is 1. The number of hydrogen-bond acceptors (Lipinski definition) is 3. The highest BCUT2D eigenvalue weighted by Gasteiger charge is 2.36. The van der Waals surface area contributed by atoms with Crippen molar-refractivity contribution in [3.63, 3.8) is 0 Å². The Morgan fingerprint density at radius 3 is 2.44 bits per heavy atom. The van der Waals surface area contributed by atoms with E-state index < -0.39 is 6.10 Å². The van der Waals surface area contributed by atoms with Crippen molar-refractivity contribution in [3.8, 4) is 0 Å². The topological polar surface area (TPSA) is 64.3 Å². The van der Waals surface area contributed by atoms with Crippen molar-refractivity contribution < 1.29 is 9.53 Å². The second kappa shape index (κ2) is 7.10. The zero-order valence-corrected chi connectivity index (χ0v) is 12.0. The molecule has 18 heavy (non-hydrogen) atoms. The molecule has 0 aliphatic heterocycles. The summed E-state index contributed by atoms with van der Waals surface area (Å²) in [5.41, 5.74) is 5.55. The lowest BCUT2D eigenvalue weighted by Crippen LogP contribution is -2.45. The van der Waals surface area contributed by atoms with Crippen LogP contribution in [0, 0.1) is 5.92 Å². The fourth-order valence-electron chi connectivity index (χ4n) is 2.45. The molecule has 0 heterocycles. The van der Waals surface area contributed by atoms with Gasteiger partial charge < -0.3 is 15.8 Å². The van der Waals surface area contributed by atoms with Gasteiger partial charge in [0.05, 0.1) is 5.60 Å². The van der Waals surface area contributed by atoms with Crippen molar-refractivity contribution in [3.05, 3.63) is 0 Å². The van der Waals surface area contributed by atoms with E-state index in [1.165, 1.54) is 0 Å². The van der Waals surface area contributed by atoms with Gasteiger partial charge in [0, 0.05) is 13.1 Å². The van der Waals surface area contributed by atoms with Crippen molar-refractivity contribution in [2.75, 3.05) is 13.1 Å². The molecule has 0 aromatic rings. The molecule has 0 saturated heterocycles. The first-order valence-corrected chi connectivity index (χ1v) is 7.15. The van der Waals surface area contributed by atoms with E-state index in [9.17, 15) is 4.79 Å². The normalized spacial score (nSPS) is 20.1. The summed E-state index contributed by atoms with van der Waals surface area (Å²) in [6.07, 6.45) is 4.86. The number of carbonyl (C=O) groups excluding carboxylic acids is 1. The van der Waals surface area contributed by atoms with E-state index in [4.69, 9.17) is 10.5 Å². The predicted octanol–water partition coefficient (Wildman–Crippen LogP) is 1.83. The lowest BCUT2D eigenvalue weighted by molar-refractivity contribution is -0.144. The van der Waals surface area contributed by atoms with Crippen molar-refractivity contribution in [2.45, 2.75) is 64.6 Å². The molecule has 1 unspecified atom stereocenters. The molecular weight excluding hydrogens is 228 g/mol. The Hall–Kier alpha value is -0.610. The monoisotopic (exact) mass is 256 g/mol. The molecule has 0 bridgehead atoms. The van der Waals surface area contributed by atoms with Crippen LogP contribution in [-0.4, -0.2) is 30.7 Å². The summed E-state index contributed by atoms with van der Waals surface area (Å²) in [4.78, 5) is 11.9. The number of nitrogens with one attached hydrogen (secondary N) is 1. The summed E-state index contributed by atoms with van der Waals surface area (Å²) < 4.78 is 5.93. The minimum atomic E-state index is -0.404.